The number of piperidine rings is 1. The highest BCUT2D eigenvalue weighted by atomic mass is 35.5. The fourth-order valence-electron chi connectivity index (χ4n) is 2.58. The molecule has 0 bridgehead atoms. The van der Waals surface area contributed by atoms with Gasteiger partial charge in [-0.1, -0.05) is 18.2 Å². The van der Waals surface area contributed by atoms with Crippen LogP contribution in [0.25, 0.3) is 0 Å². The molecule has 3 rings (SSSR count). The summed E-state index contributed by atoms with van der Waals surface area (Å²) in [5.74, 6) is 0.178. The van der Waals surface area contributed by atoms with Crippen LogP contribution in [0, 0.1) is 0 Å². The van der Waals surface area contributed by atoms with E-state index in [0.29, 0.717) is 23.1 Å². The average Bonchev–Trinajstić information content (AvgIpc) is 3.11. The lowest BCUT2D eigenvalue weighted by Crippen LogP contribution is -2.39. The molecule has 1 amide bonds. The second kappa shape index (κ2) is 6.78. The number of carbonyl (C=O) groups is 1. The number of amides is 1. The molecule has 1 aliphatic heterocycles. The minimum Gasteiger partial charge on any atom is -0.365 e. The Bertz CT molecular complexity index is 685. The fourth-order valence-corrected chi connectivity index (χ4v) is 2.70. The summed E-state index contributed by atoms with van der Waals surface area (Å²) in [5.41, 5.74) is 0.415. The first kappa shape index (κ1) is 15.5. The Balaban J connectivity index is 1.62. The molecule has 0 saturated carbocycles. The molecule has 0 spiro atoms. The molecule has 23 heavy (non-hydrogen) atoms. The third-order valence-corrected chi connectivity index (χ3v) is 4.00. The van der Waals surface area contributed by atoms with Gasteiger partial charge in [-0.3, -0.25) is 4.79 Å². The number of pyridine rings is 1. The van der Waals surface area contributed by atoms with E-state index in [1.807, 2.05) is 4.90 Å². The van der Waals surface area contributed by atoms with E-state index in [4.69, 9.17) is 11.6 Å². The highest BCUT2D eigenvalue weighted by Crippen LogP contribution is 2.22. The monoisotopic (exact) mass is 332 g/mol. The van der Waals surface area contributed by atoms with E-state index in [1.54, 1.807) is 29.3 Å². The Morgan fingerprint density at radius 2 is 2.13 bits per heavy atom. The SMILES string of the molecule is C=C(C(=O)Nc1ccc(Cl)cn1)N1CCC[C@@H](n2nccn2)C1. The van der Waals surface area contributed by atoms with Gasteiger partial charge in [0.05, 0.1) is 29.2 Å². The Morgan fingerprint density at radius 1 is 1.35 bits per heavy atom. The van der Waals surface area contributed by atoms with Gasteiger partial charge in [-0.15, -0.1) is 0 Å². The van der Waals surface area contributed by atoms with Crippen molar-refractivity contribution in [3.8, 4) is 0 Å². The lowest BCUT2D eigenvalue weighted by atomic mass is 10.1. The maximum absolute atomic E-state index is 12.3. The molecule has 0 unspecified atom stereocenters. The van der Waals surface area contributed by atoms with Gasteiger partial charge in [0.1, 0.15) is 5.82 Å². The van der Waals surface area contributed by atoms with Crippen LogP contribution in [0.3, 0.4) is 0 Å². The van der Waals surface area contributed by atoms with E-state index < -0.39 is 0 Å². The van der Waals surface area contributed by atoms with Gasteiger partial charge in [-0.2, -0.15) is 15.0 Å². The van der Waals surface area contributed by atoms with Crippen molar-refractivity contribution in [2.75, 3.05) is 18.4 Å². The molecule has 1 fully saturated rings. The van der Waals surface area contributed by atoms with E-state index in [1.165, 1.54) is 6.20 Å². The fraction of sp³-hybridized carbons (Fsp3) is 0.333. The summed E-state index contributed by atoms with van der Waals surface area (Å²) in [6.45, 7) is 5.37. The number of aromatic nitrogens is 4. The van der Waals surface area contributed by atoms with E-state index in [0.717, 1.165) is 19.4 Å². The summed E-state index contributed by atoms with van der Waals surface area (Å²) in [4.78, 5) is 20.0. The lowest BCUT2D eigenvalue weighted by Gasteiger charge is -2.34. The van der Waals surface area contributed by atoms with Crippen molar-refractivity contribution in [3.05, 3.63) is 48.0 Å². The molecular weight excluding hydrogens is 316 g/mol. The van der Waals surface area contributed by atoms with Crippen LogP contribution in [0.1, 0.15) is 18.9 Å². The normalized spacial score (nSPS) is 17.8. The molecule has 0 radical (unpaired) electrons. The van der Waals surface area contributed by atoms with Crippen molar-refractivity contribution in [2.24, 2.45) is 0 Å². The summed E-state index contributed by atoms with van der Waals surface area (Å²) in [7, 11) is 0. The highest BCUT2D eigenvalue weighted by molar-refractivity contribution is 6.30. The molecule has 2 aromatic rings. The lowest BCUT2D eigenvalue weighted by molar-refractivity contribution is -0.114. The number of carbonyl (C=O) groups excluding carboxylic acids is 1. The van der Waals surface area contributed by atoms with Gasteiger partial charge < -0.3 is 10.2 Å². The van der Waals surface area contributed by atoms with Gasteiger partial charge in [0, 0.05) is 19.3 Å². The van der Waals surface area contributed by atoms with Crippen LogP contribution < -0.4 is 5.32 Å². The van der Waals surface area contributed by atoms with Crippen LogP contribution in [-0.4, -0.2) is 43.9 Å². The summed E-state index contributed by atoms with van der Waals surface area (Å²) < 4.78 is 0. The summed E-state index contributed by atoms with van der Waals surface area (Å²) in [6.07, 6.45) is 6.75. The summed E-state index contributed by atoms with van der Waals surface area (Å²) in [6, 6.07) is 3.48. The smallest absolute Gasteiger partial charge is 0.272 e. The Kier molecular flexibility index (Phi) is 4.57. The predicted octanol–water partition coefficient (Wildman–Crippen LogP) is 2.12. The second-order valence-corrected chi connectivity index (χ2v) is 5.79. The summed E-state index contributed by atoms with van der Waals surface area (Å²) in [5, 5.41) is 11.6. The largest absolute Gasteiger partial charge is 0.365 e. The third kappa shape index (κ3) is 3.68. The Hall–Kier alpha value is -2.41. The van der Waals surface area contributed by atoms with Crippen LogP contribution in [0.4, 0.5) is 5.82 Å². The topological polar surface area (TPSA) is 75.9 Å². The zero-order valence-electron chi connectivity index (χ0n) is 12.5. The number of halogens is 1. The number of nitrogens with one attached hydrogen (secondary N) is 1. The Morgan fingerprint density at radius 3 is 2.83 bits per heavy atom. The molecule has 3 heterocycles. The Labute approximate surface area is 139 Å². The van der Waals surface area contributed by atoms with Crippen LogP contribution in [0.2, 0.25) is 5.02 Å². The number of hydrogen-bond acceptors (Lipinski definition) is 5. The first-order chi connectivity index (χ1) is 11.1. The van der Waals surface area contributed by atoms with Crippen molar-refractivity contribution in [1.29, 1.82) is 0 Å². The van der Waals surface area contributed by atoms with Crippen molar-refractivity contribution < 1.29 is 4.79 Å². The van der Waals surface area contributed by atoms with Crippen molar-refractivity contribution in [3.63, 3.8) is 0 Å². The molecule has 1 saturated heterocycles. The van der Waals surface area contributed by atoms with Gasteiger partial charge in [0.15, 0.2) is 0 Å². The van der Waals surface area contributed by atoms with E-state index in [2.05, 4.69) is 27.1 Å². The number of hydrogen-bond donors (Lipinski definition) is 1. The zero-order chi connectivity index (χ0) is 16.2. The van der Waals surface area contributed by atoms with Gasteiger partial charge in [-0.25, -0.2) is 4.98 Å². The van der Waals surface area contributed by atoms with Crippen LogP contribution in [0.15, 0.2) is 43.0 Å². The van der Waals surface area contributed by atoms with Crippen LogP contribution in [0.5, 0.6) is 0 Å². The molecule has 1 atom stereocenters. The summed E-state index contributed by atoms with van der Waals surface area (Å²) >= 11 is 5.78. The average molecular weight is 333 g/mol. The van der Waals surface area contributed by atoms with E-state index in [-0.39, 0.29) is 11.9 Å². The molecule has 8 heteroatoms. The number of rotatable bonds is 4. The highest BCUT2D eigenvalue weighted by Gasteiger charge is 2.25. The first-order valence-corrected chi connectivity index (χ1v) is 7.74. The van der Waals surface area contributed by atoms with Crippen molar-refractivity contribution in [1.82, 2.24) is 24.9 Å². The van der Waals surface area contributed by atoms with Gasteiger partial charge in [0.25, 0.3) is 5.91 Å². The minimum atomic E-state index is -0.270. The quantitative estimate of drug-likeness (QED) is 0.868. The molecule has 2 aromatic heterocycles. The molecular formula is C15H17ClN6O. The van der Waals surface area contributed by atoms with Gasteiger partial charge in [-0.05, 0) is 25.0 Å². The molecule has 7 nitrogen and oxygen atoms in total. The maximum atomic E-state index is 12.3. The molecule has 120 valence electrons. The maximum Gasteiger partial charge on any atom is 0.272 e. The van der Waals surface area contributed by atoms with Crippen LogP contribution >= 0.6 is 11.6 Å². The number of nitrogens with zero attached hydrogens (tertiary/aromatic N) is 5. The van der Waals surface area contributed by atoms with E-state index in [9.17, 15) is 4.79 Å². The van der Waals surface area contributed by atoms with Gasteiger partial charge in [0.2, 0.25) is 0 Å². The van der Waals surface area contributed by atoms with Crippen molar-refractivity contribution in [2.45, 2.75) is 18.9 Å². The third-order valence-electron chi connectivity index (χ3n) is 3.77. The zero-order valence-corrected chi connectivity index (χ0v) is 13.3. The molecule has 1 N–H and O–H groups in total. The van der Waals surface area contributed by atoms with Crippen LogP contribution in [-0.2, 0) is 4.79 Å². The molecule has 1 aliphatic rings. The standard InChI is InChI=1S/C15H17ClN6O/c1-11(15(23)20-14-5-4-12(16)9-17-14)21-8-2-3-13(10-21)22-18-6-7-19-22/h4-7,9,13H,1-3,8,10H2,(H,17,20,23)/t13-/m1/s1. The first-order valence-electron chi connectivity index (χ1n) is 7.36. The number of likely N-dealkylation sites (tertiary alicyclic amines) is 1. The van der Waals surface area contributed by atoms with Gasteiger partial charge >= 0.3 is 0 Å². The second-order valence-electron chi connectivity index (χ2n) is 5.35. The molecule has 0 aliphatic carbocycles. The van der Waals surface area contributed by atoms with E-state index >= 15 is 0 Å². The number of anilines is 1. The van der Waals surface area contributed by atoms with Crippen molar-refractivity contribution >= 4 is 23.3 Å². The minimum absolute atomic E-state index is 0.150. The molecule has 0 aromatic carbocycles. The predicted molar refractivity (Wildman–Crippen MR) is 86.9 cm³/mol.